The largest absolute Gasteiger partial charge is 0.496 e. The van der Waals surface area contributed by atoms with Crippen LogP contribution in [-0.2, 0) is 11.2 Å². The Kier molecular flexibility index (Phi) is 5.63. The van der Waals surface area contributed by atoms with Crippen LogP contribution >= 0.6 is 11.3 Å². The van der Waals surface area contributed by atoms with Gasteiger partial charge in [0.05, 0.1) is 30.6 Å². The van der Waals surface area contributed by atoms with Crippen LogP contribution in [-0.4, -0.2) is 27.8 Å². The maximum Gasteiger partial charge on any atom is 0.230 e. The summed E-state index contributed by atoms with van der Waals surface area (Å²) in [6.07, 6.45) is 0.244. The van der Waals surface area contributed by atoms with Crippen LogP contribution in [0.1, 0.15) is 17.0 Å². The second-order valence-corrected chi connectivity index (χ2v) is 7.72. The van der Waals surface area contributed by atoms with E-state index in [4.69, 9.17) is 4.74 Å². The van der Waals surface area contributed by atoms with Crippen LogP contribution in [0.25, 0.3) is 16.9 Å². The highest BCUT2D eigenvalue weighted by molar-refractivity contribution is 7.14. The zero-order valence-corrected chi connectivity index (χ0v) is 17.9. The molecule has 4 rings (SSSR count). The molecule has 7 heteroatoms. The van der Waals surface area contributed by atoms with Crippen LogP contribution in [0, 0.1) is 13.8 Å². The number of carbonyl (C=O) groups excluding carboxylic acids is 1. The lowest BCUT2D eigenvalue weighted by Gasteiger charge is -2.06. The molecule has 0 fully saturated rings. The molecule has 0 aliphatic rings. The Balaban J connectivity index is 1.50. The minimum Gasteiger partial charge on any atom is -0.496 e. The summed E-state index contributed by atoms with van der Waals surface area (Å²) < 4.78 is 7.28. The van der Waals surface area contributed by atoms with Crippen molar-refractivity contribution in [1.29, 1.82) is 0 Å². The van der Waals surface area contributed by atoms with Crippen LogP contribution in [0.3, 0.4) is 0 Å². The normalized spacial score (nSPS) is 10.8. The molecular formula is C23H22N4O2S. The van der Waals surface area contributed by atoms with Crippen molar-refractivity contribution in [1.82, 2.24) is 14.8 Å². The molecule has 0 saturated carbocycles. The lowest BCUT2D eigenvalue weighted by Crippen LogP contribution is -2.15. The molecule has 0 spiro atoms. The number of benzene rings is 2. The summed E-state index contributed by atoms with van der Waals surface area (Å²) >= 11 is 1.39. The standard InChI is InChI=1S/C23H22N4O2S/c1-15-19(16(2)27(26-15)17-9-5-4-6-10-17)13-22(28)25-23-24-20(14-30-23)18-11-7-8-12-21(18)29-3/h4-12,14H,13H2,1-3H3,(H,24,25,28). The van der Waals surface area contributed by atoms with Gasteiger partial charge in [0, 0.05) is 22.2 Å². The summed E-state index contributed by atoms with van der Waals surface area (Å²) in [6.45, 7) is 3.91. The smallest absolute Gasteiger partial charge is 0.230 e. The van der Waals surface area contributed by atoms with E-state index in [1.165, 1.54) is 11.3 Å². The fraction of sp³-hybridized carbons (Fsp3) is 0.174. The SMILES string of the molecule is COc1ccccc1-c1csc(NC(=O)Cc2c(C)nn(-c3ccccc3)c2C)n1. The van der Waals surface area contributed by atoms with Crippen molar-refractivity contribution in [2.24, 2.45) is 0 Å². The van der Waals surface area contributed by atoms with Gasteiger partial charge < -0.3 is 10.1 Å². The van der Waals surface area contributed by atoms with Gasteiger partial charge in [0.15, 0.2) is 5.13 Å². The number of thiazole rings is 1. The summed E-state index contributed by atoms with van der Waals surface area (Å²) in [5.74, 6) is 0.634. The number of nitrogens with zero attached hydrogens (tertiary/aromatic N) is 3. The quantitative estimate of drug-likeness (QED) is 0.488. The highest BCUT2D eigenvalue weighted by Crippen LogP contribution is 2.32. The molecule has 30 heavy (non-hydrogen) atoms. The molecule has 0 bridgehead atoms. The van der Waals surface area contributed by atoms with Crippen molar-refractivity contribution in [3.63, 3.8) is 0 Å². The molecule has 0 atom stereocenters. The molecule has 2 aromatic carbocycles. The van der Waals surface area contributed by atoms with E-state index in [-0.39, 0.29) is 12.3 Å². The van der Waals surface area contributed by atoms with Gasteiger partial charge in [-0.2, -0.15) is 5.10 Å². The van der Waals surface area contributed by atoms with Crippen molar-refractivity contribution in [3.8, 4) is 22.7 Å². The zero-order chi connectivity index (χ0) is 21.1. The second-order valence-electron chi connectivity index (χ2n) is 6.86. The van der Waals surface area contributed by atoms with Crippen LogP contribution in [0.4, 0.5) is 5.13 Å². The average molecular weight is 419 g/mol. The number of ether oxygens (including phenoxy) is 1. The second kappa shape index (κ2) is 8.51. The number of rotatable bonds is 6. The van der Waals surface area contributed by atoms with Gasteiger partial charge in [-0.3, -0.25) is 4.79 Å². The molecule has 2 heterocycles. The predicted molar refractivity (Wildman–Crippen MR) is 119 cm³/mol. The average Bonchev–Trinajstić information content (AvgIpc) is 3.34. The van der Waals surface area contributed by atoms with E-state index in [0.29, 0.717) is 5.13 Å². The van der Waals surface area contributed by atoms with E-state index in [1.54, 1.807) is 7.11 Å². The topological polar surface area (TPSA) is 69.0 Å². The minimum absolute atomic E-state index is 0.116. The van der Waals surface area contributed by atoms with E-state index >= 15 is 0 Å². The first-order chi connectivity index (χ1) is 14.6. The Morgan fingerprint density at radius 1 is 1.10 bits per heavy atom. The van der Waals surface area contributed by atoms with Gasteiger partial charge in [0.1, 0.15) is 5.75 Å². The Bertz CT molecular complexity index is 1180. The highest BCUT2D eigenvalue weighted by Gasteiger charge is 2.17. The van der Waals surface area contributed by atoms with Gasteiger partial charge in [-0.1, -0.05) is 30.3 Å². The lowest BCUT2D eigenvalue weighted by atomic mass is 10.1. The van der Waals surface area contributed by atoms with Gasteiger partial charge in [0.2, 0.25) is 5.91 Å². The van der Waals surface area contributed by atoms with E-state index in [1.807, 2.05) is 78.5 Å². The van der Waals surface area contributed by atoms with Crippen LogP contribution in [0.5, 0.6) is 5.75 Å². The van der Waals surface area contributed by atoms with Crippen molar-refractivity contribution in [2.75, 3.05) is 12.4 Å². The summed E-state index contributed by atoms with van der Waals surface area (Å²) in [4.78, 5) is 17.2. The number of hydrogen-bond acceptors (Lipinski definition) is 5. The van der Waals surface area contributed by atoms with E-state index in [0.717, 1.165) is 39.6 Å². The molecule has 1 amide bonds. The van der Waals surface area contributed by atoms with Crippen LogP contribution in [0.15, 0.2) is 60.0 Å². The number of aromatic nitrogens is 3. The number of hydrogen-bond donors (Lipinski definition) is 1. The summed E-state index contributed by atoms with van der Waals surface area (Å²) in [6, 6.07) is 17.6. The number of nitrogens with one attached hydrogen (secondary N) is 1. The first kappa shape index (κ1) is 19.8. The monoisotopic (exact) mass is 418 g/mol. The third kappa shape index (κ3) is 3.97. The van der Waals surface area contributed by atoms with Gasteiger partial charge in [0.25, 0.3) is 0 Å². The predicted octanol–water partition coefficient (Wildman–Crippen LogP) is 4.80. The van der Waals surface area contributed by atoms with Gasteiger partial charge in [-0.25, -0.2) is 9.67 Å². The fourth-order valence-electron chi connectivity index (χ4n) is 3.39. The van der Waals surface area contributed by atoms with Crippen molar-refractivity contribution in [2.45, 2.75) is 20.3 Å². The maximum absolute atomic E-state index is 12.7. The maximum atomic E-state index is 12.7. The molecule has 0 aliphatic heterocycles. The van der Waals surface area contributed by atoms with E-state index in [9.17, 15) is 4.79 Å². The molecule has 2 aromatic heterocycles. The third-order valence-corrected chi connectivity index (χ3v) is 5.67. The highest BCUT2D eigenvalue weighted by atomic mass is 32.1. The zero-order valence-electron chi connectivity index (χ0n) is 17.0. The van der Waals surface area contributed by atoms with E-state index < -0.39 is 0 Å². The van der Waals surface area contributed by atoms with Crippen LogP contribution in [0.2, 0.25) is 0 Å². The fourth-order valence-corrected chi connectivity index (χ4v) is 4.11. The Hall–Kier alpha value is -3.45. The number of carbonyl (C=O) groups is 1. The molecule has 0 saturated heterocycles. The Morgan fingerprint density at radius 2 is 1.83 bits per heavy atom. The minimum atomic E-state index is -0.116. The van der Waals surface area contributed by atoms with Crippen molar-refractivity contribution >= 4 is 22.4 Å². The van der Waals surface area contributed by atoms with Gasteiger partial charge in [-0.05, 0) is 38.1 Å². The van der Waals surface area contributed by atoms with Crippen LogP contribution < -0.4 is 10.1 Å². The number of anilines is 1. The van der Waals surface area contributed by atoms with E-state index in [2.05, 4.69) is 15.4 Å². The molecule has 0 aliphatic carbocycles. The first-order valence-corrected chi connectivity index (χ1v) is 10.4. The number of para-hydroxylation sites is 2. The molecule has 0 radical (unpaired) electrons. The lowest BCUT2D eigenvalue weighted by molar-refractivity contribution is -0.115. The summed E-state index contributed by atoms with van der Waals surface area (Å²) in [7, 11) is 1.63. The Labute approximate surface area is 179 Å². The molecule has 6 nitrogen and oxygen atoms in total. The Morgan fingerprint density at radius 3 is 2.60 bits per heavy atom. The first-order valence-electron chi connectivity index (χ1n) is 9.56. The third-order valence-electron chi connectivity index (χ3n) is 4.91. The van der Waals surface area contributed by atoms with Crippen molar-refractivity contribution in [3.05, 3.63) is 76.9 Å². The van der Waals surface area contributed by atoms with Gasteiger partial charge >= 0.3 is 0 Å². The number of methoxy groups -OCH3 is 1. The van der Waals surface area contributed by atoms with Crippen molar-refractivity contribution < 1.29 is 9.53 Å². The molecular weight excluding hydrogens is 396 g/mol. The summed E-state index contributed by atoms with van der Waals surface area (Å²) in [5.41, 5.74) is 5.39. The van der Waals surface area contributed by atoms with Gasteiger partial charge in [-0.15, -0.1) is 11.3 Å². The molecule has 0 unspecified atom stereocenters. The molecule has 1 N–H and O–H groups in total. The summed E-state index contributed by atoms with van der Waals surface area (Å²) in [5, 5.41) is 10.0. The number of amides is 1. The molecule has 152 valence electrons. The molecule has 4 aromatic rings. The number of aryl methyl sites for hydroxylation is 1.